The van der Waals surface area contributed by atoms with E-state index in [-0.39, 0.29) is 24.5 Å². The molecule has 0 aromatic heterocycles. The highest BCUT2D eigenvalue weighted by Gasteiger charge is 2.39. The largest absolute Gasteiger partial charge is 0.395 e. The molecule has 0 saturated carbocycles. The summed E-state index contributed by atoms with van der Waals surface area (Å²) < 4.78 is 0. The second kappa shape index (κ2) is 5.94. The lowest BCUT2D eigenvalue weighted by Crippen LogP contribution is -2.48. The highest BCUT2D eigenvalue weighted by atomic mass is 16.3. The van der Waals surface area contributed by atoms with Crippen molar-refractivity contribution in [1.82, 2.24) is 10.0 Å². The molecule has 1 aromatic carbocycles. The number of benzene rings is 1. The van der Waals surface area contributed by atoms with Gasteiger partial charge >= 0.3 is 0 Å². The molecule has 2 atom stereocenters. The van der Waals surface area contributed by atoms with Crippen molar-refractivity contribution >= 4 is 5.91 Å². The highest BCUT2D eigenvalue weighted by Crippen LogP contribution is 2.28. The molecule has 0 spiro atoms. The Labute approximate surface area is 120 Å². The van der Waals surface area contributed by atoms with E-state index in [1.807, 2.05) is 23.2 Å². The van der Waals surface area contributed by atoms with Gasteiger partial charge in [0.15, 0.2) is 0 Å². The summed E-state index contributed by atoms with van der Waals surface area (Å²) in [6.07, 6.45) is 3.80. The Morgan fingerprint density at radius 1 is 1.15 bits per heavy atom. The number of hydrogen-bond acceptors (Lipinski definition) is 3. The Morgan fingerprint density at radius 2 is 1.95 bits per heavy atom. The molecule has 0 radical (unpaired) electrons. The number of carbonyl (C=O) groups excluding carboxylic acids is 1. The van der Waals surface area contributed by atoms with Gasteiger partial charge in [0.25, 0.3) is 0 Å². The maximum absolute atomic E-state index is 12.6. The Kier molecular flexibility index (Phi) is 4.03. The van der Waals surface area contributed by atoms with Gasteiger partial charge in [-0.05, 0) is 31.2 Å². The average Bonchev–Trinajstić information content (AvgIpc) is 3.07. The standard InChI is InChI=1S/C16H22N2O2/c19-12-15-7-4-9-17(15)18-10-8-14(16(18)20)11-13-5-2-1-3-6-13/h1-3,5-6,14-15,19H,4,7-12H2. The van der Waals surface area contributed by atoms with E-state index in [4.69, 9.17) is 0 Å². The molecule has 108 valence electrons. The predicted molar refractivity (Wildman–Crippen MR) is 76.8 cm³/mol. The average molecular weight is 274 g/mol. The van der Waals surface area contributed by atoms with Crippen molar-refractivity contribution in [1.29, 1.82) is 0 Å². The lowest BCUT2D eigenvalue weighted by molar-refractivity contribution is -0.148. The summed E-state index contributed by atoms with van der Waals surface area (Å²) >= 11 is 0. The quantitative estimate of drug-likeness (QED) is 0.904. The van der Waals surface area contributed by atoms with E-state index in [2.05, 4.69) is 17.1 Å². The second-order valence-corrected chi connectivity index (χ2v) is 5.78. The van der Waals surface area contributed by atoms with Crippen LogP contribution >= 0.6 is 0 Å². The first-order chi connectivity index (χ1) is 9.79. The third-order valence-corrected chi connectivity index (χ3v) is 4.48. The zero-order valence-corrected chi connectivity index (χ0v) is 11.7. The third kappa shape index (κ3) is 2.58. The zero-order chi connectivity index (χ0) is 13.9. The van der Waals surface area contributed by atoms with E-state index >= 15 is 0 Å². The van der Waals surface area contributed by atoms with Crippen molar-refractivity contribution < 1.29 is 9.90 Å². The molecular weight excluding hydrogens is 252 g/mol. The monoisotopic (exact) mass is 274 g/mol. The van der Waals surface area contributed by atoms with Crippen molar-refractivity contribution in [3.8, 4) is 0 Å². The zero-order valence-electron chi connectivity index (χ0n) is 11.7. The lowest BCUT2D eigenvalue weighted by atomic mass is 9.98. The number of aliphatic hydroxyl groups is 1. The van der Waals surface area contributed by atoms with Gasteiger partial charge in [-0.15, -0.1) is 0 Å². The van der Waals surface area contributed by atoms with Crippen molar-refractivity contribution in [3.63, 3.8) is 0 Å². The summed E-state index contributed by atoms with van der Waals surface area (Å²) in [5, 5.41) is 13.4. The van der Waals surface area contributed by atoms with Gasteiger partial charge in [-0.25, -0.2) is 5.01 Å². The van der Waals surface area contributed by atoms with Crippen LogP contribution in [0.1, 0.15) is 24.8 Å². The second-order valence-electron chi connectivity index (χ2n) is 5.78. The van der Waals surface area contributed by atoms with Crippen LogP contribution < -0.4 is 0 Å². The molecule has 4 heteroatoms. The maximum atomic E-state index is 12.6. The van der Waals surface area contributed by atoms with Crippen molar-refractivity contribution in [2.24, 2.45) is 5.92 Å². The van der Waals surface area contributed by atoms with Gasteiger partial charge in [0.1, 0.15) is 0 Å². The van der Waals surface area contributed by atoms with Gasteiger partial charge in [-0.2, -0.15) is 0 Å². The normalized spacial score (nSPS) is 27.4. The first kappa shape index (κ1) is 13.6. The van der Waals surface area contributed by atoms with E-state index in [0.29, 0.717) is 0 Å². The molecule has 2 unspecified atom stereocenters. The molecule has 2 aliphatic rings. The van der Waals surface area contributed by atoms with E-state index in [9.17, 15) is 9.90 Å². The van der Waals surface area contributed by atoms with Crippen LogP contribution in [-0.2, 0) is 11.2 Å². The fraction of sp³-hybridized carbons (Fsp3) is 0.562. The number of aliphatic hydroxyl groups excluding tert-OH is 1. The van der Waals surface area contributed by atoms with Crippen LogP contribution in [0.15, 0.2) is 30.3 Å². The van der Waals surface area contributed by atoms with Crippen LogP contribution in [-0.4, -0.2) is 46.8 Å². The summed E-state index contributed by atoms with van der Waals surface area (Å²) in [6.45, 7) is 1.84. The Morgan fingerprint density at radius 3 is 2.70 bits per heavy atom. The Bertz CT molecular complexity index is 463. The topological polar surface area (TPSA) is 43.8 Å². The molecule has 2 saturated heterocycles. The molecule has 0 bridgehead atoms. The van der Waals surface area contributed by atoms with Crippen LogP contribution in [0.25, 0.3) is 0 Å². The van der Waals surface area contributed by atoms with E-state index in [1.54, 1.807) is 0 Å². The minimum atomic E-state index is 0.0948. The van der Waals surface area contributed by atoms with Gasteiger partial charge < -0.3 is 5.11 Å². The van der Waals surface area contributed by atoms with Crippen LogP contribution in [0, 0.1) is 5.92 Å². The highest BCUT2D eigenvalue weighted by molar-refractivity contribution is 5.80. The number of rotatable bonds is 4. The smallest absolute Gasteiger partial charge is 0.240 e. The summed E-state index contributed by atoms with van der Waals surface area (Å²) in [7, 11) is 0. The van der Waals surface area contributed by atoms with Crippen LogP contribution in [0.4, 0.5) is 0 Å². The van der Waals surface area contributed by atoms with Gasteiger partial charge in [0.05, 0.1) is 12.6 Å². The van der Waals surface area contributed by atoms with Crippen LogP contribution in [0.2, 0.25) is 0 Å². The van der Waals surface area contributed by atoms with Gasteiger partial charge in [0.2, 0.25) is 5.91 Å². The number of hydrogen-bond donors (Lipinski definition) is 1. The minimum absolute atomic E-state index is 0.0948. The minimum Gasteiger partial charge on any atom is -0.395 e. The fourth-order valence-electron chi connectivity index (χ4n) is 3.39. The molecular formula is C16H22N2O2. The number of hydrazine groups is 1. The van der Waals surface area contributed by atoms with Crippen LogP contribution in [0.3, 0.4) is 0 Å². The summed E-state index contributed by atoms with van der Waals surface area (Å²) in [6, 6.07) is 10.4. The summed E-state index contributed by atoms with van der Waals surface area (Å²) in [4.78, 5) is 12.6. The molecule has 20 heavy (non-hydrogen) atoms. The summed E-state index contributed by atoms with van der Waals surface area (Å²) in [5.41, 5.74) is 1.23. The fourth-order valence-corrected chi connectivity index (χ4v) is 3.39. The molecule has 1 amide bonds. The third-order valence-electron chi connectivity index (χ3n) is 4.48. The first-order valence-electron chi connectivity index (χ1n) is 7.52. The molecule has 1 N–H and O–H groups in total. The van der Waals surface area contributed by atoms with Gasteiger partial charge in [0, 0.05) is 19.0 Å². The molecule has 1 aromatic rings. The number of amides is 1. The van der Waals surface area contributed by atoms with Crippen molar-refractivity contribution in [2.75, 3.05) is 19.7 Å². The first-order valence-corrected chi connectivity index (χ1v) is 7.52. The van der Waals surface area contributed by atoms with Gasteiger partial charge in [-0.1, -0.05) is 30.3 Å². The SMILES string of the molecule is O=C1C(Cc2ccccc2)CCN1N1CCCC1CO. The molecule has 3 rings (SSSR count). The Balaban J connectivity index is 1.65. The predicted octanol–water partition coefficient (Wildman–Crippen LogP) is 1.45. The molecule has 4 nitrogen and oxygen atoms in total. The molecule has 2 fully saturated rings. The molecule has 2 aliphatic heterocycles. The van der Waals surface area contributed by atoms with Gasteiger partial charge in [-0.3, -0.25) is 9.80 Å². The Hall–Kier alpha value is -1.39. The molecule has 0 aliphatic carbocycles. The van der Waals surface area contributed by atoms with E-state index < -0.39 is 0 Å². The van der Waals surface area contributed by atoms with E-state index in [1.165, 1.54) is 5.56 Å². The van der Waals surface area contributed by atoms with E-state index in [0.717, 1.165) is 38.8 Å². The maximum Gasteiger partial charge on any atom is 0.240 e. The van der Waals surface area contributed by atoms with Crippen molar-refractivity contribution in [3.05, 3.63) is 35.9 Å². The van der Waals surface area contributed by atoms with Crippen LogP contribution in [0.5, 0.6) is 0 Å². The number of nitrogens with zero attached hydrogens (tertiary/aromatic N) is 2. The summed E-state index contributed by atoms with van der Waals surface area (Å²) in [5.74, 6) is 0.326. The number of carbonyl (C=O) groups is 1. The van der Waals surface area contributed by atoms with Crippen molar-refractivity contribution in [2.45, 2.75) is 31.7 Å². The molecule has 2 heterocycles. The lowest BCUT2D eigenvalue weighted by Gasteiger charge is -2.32.